The molecule has 1 amide bonds. The molecule has 0 heterocycles. The lowest BCUT2D eigenvalue weighted by Gasteiger charge is -2.18. The fourth-order valence-electron chi connectivity index (χ4n) is 0.897. The second kappa shape index (κ2) is 6.00. The molecule has 3 nitrogen and oxygen atoms in total. The molecule has 0 aromatic carbocycles. The standard InChI is InChI=1S/C9H19NO2/c1-5-12-7-6-10(4)9(11)8(2)3/h8H,5-7H2,1-4H3. The molecule has 0 spiro atoms. The molecule has 0 aliphatic carbocycles. The number of nitrogens with zero attached hydrogens (tertiary/aromatic N) is 1. The summed E-state index contributed by atoms with van der Waals surface area (Å²) in [5.41, 5.74) is 0. The average Bonchev–Trinajstić information content (AvgIpc) is 2.03. The number of rotatable bonds is 5. The van der Waals surface area contributed by atoms with E-state index in [0.717, 1.165) is 0 Å². The zero-order valence-electron chi connectivity index (χ0n) is 8.46. The number of ether oxygens (including phenoxy) is 1. The van der Waals surface area contributed by atoms with E-state index in [1.54, 1.807) is 11.9 Å². The van der Waals surface area contributed by atoms with Gasteiger partial charge in [-0.25, -0.2) is 0 Å². The number of hydrogen-bond donors (Lipinski definition) is 0. The molecule has 0 aliphatic heterocycles. The monoisotopic (exact) mass is 173 g/mol. The maximum absolute atomic E-state index is 11.3. The zero-order valence-corrected chi connectivity index (χ0v) is 8.46. The van der Waals surface area contributed by atoms with Gasteiger partial charge in [0.05, 0.1) is 6.61 Å². The summed E-state index contributed by atoms with van der Waals surface area (Å²) >= 11 is 0. The third-order valence-corrected chi connectivity index (χ3v) is 1.65. The van der Waals surface area contributed by atoms with E-state index in [9.17, 15) is 4.79 Å². The summed E-state index contributed by atoms with van der Waals surface area (Å²) in [6, 6.07) is 0. The Morgan fingerprint density at radius 2 is 2.08 bits per heavy atom. The minimum atomic E-state index is 0.0802. The average molecular weight is 173 g/mol. The zero-order chi connectivity index (χ0) is 9.56. The summed E-state index contributed by atoms with van der Waals surface area (Å²) in [7, 11) is 1.81. The molecule has 3 heteroatoms. The van der Waals surface area contributed by atoms with E-state index in [0.29, 0.717) is 19.8 Å². The van der Waals surface area contributed by atoms with Gasteiger partial charge in [0.1, 0.15) is 0 Å². The molecule has 0 rings (SSSR count). The summed E-state index contributed by atoms with van der Waals surface area (Å²) in [5, 5.41) is 0. The summed E-state index contributed by atoms with van der Waals surface area (Å²) in [6.45, 7) is 7.78. The first-order valence-electron chi connectivity index (χ1n) is 4.42. The molecular formula is C9H19NO2. The molecule has 0 radical (unpaired) electrons. The molecule has 12 heavy (non-hydrogen) atoms. The molecule has 0 aromatic heterocycles. The maximum Gasteiger partial charge on any atom is 0.224 e. The quantitative estimate of drug-likeness (QED) is 0.583. The minimum Gasteiger partial charge on any atom is -0.380 e. The lowest BCUT2D eigenvalue weighted by molar-refractivity contribution is -0.133. The van der Waals surface area contributed by atoms with Crippen LogP contribution in [0.15, 0.2) is 0 Å². The van der Waals surface area contributed by atoms with Gasteiger partial charge in [0, 0.05) is 26.1 Å². The van der Waals surface area contributed by atoms with Gasteiger partial charge in [-0.15, -0.1) is 0 Å². The van der Waals surface area contributed by atoms with Crippen molar-refractivity contribution in [2.24, 2.45) is 5.92 Å². The van der Waals surface area contributed by atoms with E-state index >= 15 is 0 Å². The first-order valence-corrected chi connectivity index (χ1v) is 4.42. The molecule has 0 aliphatic rings. The van der Waals surface area contributed by atoms with E-state index in [-0.39, 0.29) is 11.8 Å². The van der Waals surface area contributed by atoms with Crippen LogP contribution in [0.5, 0.6) is 0 Å². The Kier molecular flexibility index (Phi) is 5.72. The molecular weight excluding hydrogens is 154 g/mol. The Bertz CT molecular complexity index is 134. The molecule has 0 atom stereocenters. The highest BCUT2D eigenvalue weighted by Gasteiger charge is 2.11. The van der Waals surface area contributed by atoms with Crippen molar-refractivity contribution < 1.29 is 9.53 Å². The fourth-order valence-corrected chi connectivity index (χ4v) is 0.897. The number of amides is 1. The Hall–Kier alpha value is -0.570. The maximum atomic E-state index is 11.3. The van der Waals surface area contributed by atoms with Crippen LogP contribution < -0.4 is 0 Å². The number of carbonyl (C=O) groups excluding carboxylic acids is 1. The molecule has 0 saturated heterocycles. The van der Waals surface area contributed by atoms with Crippen molar-refractivity contribution in [3.8, 4) is 0 Å². The van der Waals surface area contributed by atoms with E-state index in [4.69, 9.17) is 4.74 Å². The van der Waals surface area contributed by atoms with Crippen molar-refractivity contribution in [3.05, 3.63) is 0 Å². The van der Waals surface area contributed by atoms with E-state index < -0.39 is 0 Å². The van der Waals surface area contributed by atoms with Crippen molar-refractivity contribution in [2.75, 3.05) is 26.8 Å². The fraction of sp³-hybridized carbons (Fsp3) is 0.889. The van der Waals surface area contributed by atoms with Gasteiger partial charge in [0.15, 0.2) is 0 Å². The SMILES string of the molecule is CCOCCN(C)C(=O)C(C)C. The van der Waals surface area contributed by atoms with Crippen LogP contribution >= 0.6 is 0 Å². The Balaban J connectivity index is 3.57. The molecule has 0 unspecified atom stereocenters. The third kappa shape index (κ3) is 4.34. The molecule has 0 aromatic rings. The second-order valence-electron chi connectivity index (χ2n) is 3.11. The predicted octanol–water partition coefficient (Wildman–Crippen LogP) is 1.14. The normalized spacial score (nSPS) is 10.4. The van der Waals surface area contributed by atoms with Gasteiger partial charge in [-0.3, -0.25) is 4.79 Å². The molecule has 72 valence electrons. The Morgan fingerprint density at radius 1 is 1.50 bits per heavy atom. The van der Waals surface area contributed by atoms with Gasteiger partial charge in [-0.1, -0.05) is 13.8 Å². The van der Waals surface area contributed by atoms with Crippen molar-refractivity contribution in [3.63, 3.8) is 0 Å². The van der Waals surface area contributed by atoms with Crippen molar-refractivity contribution in [1.82, 2.24) is 4.90 Å². The topological polar surface area (TPSA) is 29.5 Å². The number of hydrogen-bond acceptors (Lipinski definition) is 2. The lowest BCUT2D eigenvalue weighted by Crippen LogP contribution is -2.33. The predicted molar refractivity (Wildman–Crippen MR) is 49.0 cm³/mol. The minimum absolute atomic E-state index is 0.0802. The van der Waals surface area contributed by atoms with Gasteiger partial charge in [0.25, 0.3) is 0 Å². The van der Waals surface area contributed by atoms with Gasteiger partial charge in [0.2, 0.25) is 5.91 Å². The van der Waals surface area contributed by atoms with Crippen LogP contribution in [0, 0.1) is 5.92 Å². The van der Waals surface area contributed by atoms with Crippen LogP contribution in [0.4, 0.5) is 0 Å². The summed E-state index contributed by atoms with van der Waals surface area (Å²) in [5.74, 6) is 0.256. The van der Waals surface area contributed by atoms with Gasteiger partial charge >= 0.3 is 0 Å². The highest BCUT2D eigenvalue weighted by Crippen LogP contribution is 1.97. The summed E-state index contributed by atoms with van der Waals surface area (Å²) < 4.78 is 5.14. The lowest BCUT2D eigenvalue weighted by atomic mass is 10.2. The number of likely N-dealkylation sites (N-methyl/N-ethyl adjacent to an activating group) is 1. The smallest absolute Gasteiger partial charge is 0.224 e. The molecule has 0 saturated carbocycles. The summed E-state index contributed by atoms with van der Waals surface area (Å²) in [6.07, 6.45) is 0. The largest absolute Gasteiger partial charge is 0.380 e. The van der Waals surface area contributed by atoms with Crippen molar-refractivity contribution >= 4 is 5.91 Å². The van der Waals surface area contributed by atoms with Crippen LogP contribution in [0.25, 0.3) is 0 Å². The molecule has 0 N–H and O–H groups in total. The van der Waals surface area contributed by atoms with Crippen LogP contribution in [0.2, 0.25) is 0 Å². The van der Waals surface area contributed by atoms with Crippen LogP contribution in [-0.4, -0.2) is 37.6 Å². The van der Waals surface area contributed by atoms with Crippen LogP contribution in [0.1, 0.15) is 20.8 Å². The van der Waals surface area contributed by atoms with Gasteiger partial charge in [-0.2, -0.15) is 0 Å². The summed E-state index contributed by atoms with van der Waals surface area (Å²) in [4.78, 5) is 13.0. The second-order valence-corrected chi connectivity index (χ2v) is 3.11. The highest BCUT2D eigenvalue weighted by atomic mass is 16.5. The van der Waals surface area contributed by atoms with Crippen molar-refractivity contribution in [1.29, 1.82) is 0 Å². The third-order valence-electron chi connectivity index (χ3n) is 1.65. The highest BCUT2D eigenvalue weighted by molar-refractivity contribution is 5.77. The van der Waals surface area contributed by atoms with Crippen LogP contribution in [-0.2, 0) is 9.53 Å². The Morgan fingerprint density at radius 3 is 2.50 bits per heavy atom. The van der Waals surface area contributed by atoms with E-state index in [1.807, 2.05) is 20.8 Å². The first kappa shape index (κ1) is 11.4. The van der Waals surface area contributed by atoms with Crippen molar-refractivity contribution in [2.45, 2.75) is 20.8 Å². The van der Waals surface area contributed by atoms with E-state index in [1.165, 1.54) is 0 Å². The number of carbonyl (C=O) groups is 1. The van der Waals surface area contributed by atoms with Gasteiger partial charge in [-0.05, 0) is 6.92 Å². The van der Waals surface area contributed by atoms with E-state index in [2.05, 4.69) is 0 Å². The Labute approximate surface area is 74.7 Å². The van der Waals surface area contributed by atoms with Gasteiger partial charge < -0.3 is 9.64 Å². The molecule has 0 fully saturated rings. The van der Waals surface area contributed by atoms with Crippen LogP contribution in [0.3, 0.4) is 0 Å². The molecule has 0 bridgehead atoms. The first-order chi connectivity index (χ1) is 5.59.